The van der Waals surface area contributed by atoms with Gasteiger partial charge >= 0.3 is 0 Å². The first-order valence-electron chi connectivity index (χ1n) is 3.92. The third kappa shape index (κ3) is 2.35. The third-order valence-electron chi connectivity index (χ3n) is 1.79. The van der Waals surface area contributed by atoms with Crippen molar-refractivity contribution in [3.05, 3.63) is 35.5 Å². The summed E-state index contributed by atoms with van der Waals surface area (Å²) in [5.41, 5.74) is 2.32. The average Bonchev–Trinajstić information content (AvgIpc) is 2.13. The lowest BCUT2D eigenvalue weighted by Crippen LogP contribution is -2.00. The molecule has 1 nitrogen and oxygen atoms in total. The van der Waals surface area contributed by atoms with E-state index in [1.807, 2.05) is 12.2 Å². The summed E-state index contributed by atoms with van der Waals surface area (Å²) in [6.07, 6.45) is 8.74. The Kier molecular flexibility index (Phi) is 2.66. The fourth-order valence-corrected chi connectivity index (χ4v) is 1.02. The lowest BCUT2D eigenvalue weighted by Gasteiger charge is -2.02. The molecule has 1 rings (SSSR count). The summed E-state index contributed by atoms with van der Waals surface area (Å²) >= 11 is 0. The van der Waals surface area contributed by atoms with Crippen LogP contribution in [-0.4, -0.2) is 11.2 Å². The van der Waals surface area contributed by atoms with Crippen molar-refractivity contribution in [3.63, 3.8) is 0 Å². The van der Waals surface area contributed by atoms with E-state index in [-0.39, 0.29) is 6.10 Å². The largest absolute Gasteiger partial charge is 0.389 e. The molecule has 0 aromatic rings. The van der Waals surface area contributed by atoms with Crippen molar-refractivity contribution >= 4 is 0 Å². The Hall–Kier alpha value is -0.820. The van der Waals surface area contributed by atoms with Gasteiger partial charge in [0.1, 0.15) is 0 Å². The monoisotopic (exact) mass is 150 g/mol. The van der Waals surface area contributed by atoms with Gasteiger partial charge in [0.25, 0.3) is 0 Å². The van der Waals surface area contributed by atoms with Crippen molar-refractivity contribution in [2.24, 2.45) is 0 Å². The van der Waals surface area contributed by atoms with Crippen LogP contribution < -0.4 is 0 Å². The van der Waals surface area contributed by atoms with Gasteiger partial charge in [0, 0.05) is 0 Å². The van der Waals surface area contributed by atoms with E-state index in [1.165, 1.54) is 5.57 Å². The van der Waals surface area contributed by atoms with E-state index in [1.54, 1.807) is 6.92 Å². The molecule has 0 fully saturated rings. The average molecular weight is 150 g/mol. The highest BCUT2D eigenvalue weighted by Gasteiger charge is 2.00. The Bertz CT molecular complexity index is 219. The summed E-state index contributed by atoms with van der Waals surface area (Å²) in [7, 11) is 0. The van der Waals surface area contributed by atoms with Crippen molar-refractivity contribution in [2.45, 2.75) is 26.4 Å². The minimum Gasteiger partial charge on any atom is -0.389 e. The summed E-state index contributed by atoms with van der Waals surface area (Å²) < 4.78 is 0. The lowest BCUT2D eigenvalue weighted by atomic mass is 10.1. The van der Waals surface area contributed by atoms with Crippen molar-refractivity contribution < 1.29 is 5.11 Å². The molecule has 1 unspecified atom stereocenters. The molecule has 0 heterocycles. The Morgan fingerprint density at radius 1 is 1.45 bits per heavy atom. The standard InChI is InChI=1S/C10H14O/c1-8-4-3-5-10(7-6-8)9(2)11/h3,5-7,9,11H,4H2,1-2H3. The van der Waals surface area contributed by atoms with Gasteiger partial charge in [-0.25, -0.2) is 0 Å². The first-order chi connectivity index (χ1) is 5.20. The van der Waals surface area contributed by atoms with Crippen LogP contribution in [0.2, 0.25) is 0 Å². The maximum absolute atomic E-state index is 9.24. The van der Waals surface area contributed by atoms with E-state index < -0.39 is 0 Å². The quantitative estimate of drug-likeness (QED) is 0.607. The fraction of sp³-hybridized carbons (Fsp3) is 0.400. The van der Waals surface area contributed by atoms with Crippen molar-refractivity contribution in [1.29, 1.82) is 0 Å². The summed E-state index contributed by atoms with van der Waals surface area (Å²) in [6.45, 7) is 3.87. The smallest absolute Gasteiger partial charge is 0.0761 e. The summed E-state index contributed by atoms with van der Waals surface area (Å²) in [5, 5.41) is 9.24. The zero-order valence-electron chi connectivity index (χ0n) is 7.04. The van der Waals surface area contributed by atoms with Crippen LogP contribution >= 0.6 is 0 Å². The van der Waals surface area contributed by atoms with Crippen LogP contribution in [0.25, 0.3) is 0 Å². The zero-order valence-corrected chi connectivity index (χ0v) is 7.04. The van der Waals surface area contributed by atoms with Crippen molar-refractivity contribution in [2.75, 3.05) is 0 Å². The summed E-state index contributed by atoms with van der Waals surface area (Å²) in [4.78, 5) is 0. The molecule has 60 valence electrons. The molecule has 0 aromatic heterocycles. The van der Waals surface area contributed by atoms with Crippen LogP contribution in [0.3, 0.4) is 0 Å². The summed E-state index contributed by atoms with van der Waals surface area (Å²) in [5.74, 6) is 0. The van der Waals surface area contributed by atoms with Gasteiger partial charge in [-0.05, 0) is 25.8 Å². The van der Waals surface area contributed by atoms with E-state index in [0.29, 0.717) is 0 Å². The molecule has 1 aliphatic carbocycles. The predicted molar refractivity (Wildman–Crippen MR) is 47.3 cm³/mol. The molecule has 1 N–H and O–H groups in total. The Labute approximate surface area is 67.7 Å². The van der Waals surface area contributed by atoms with Gasteiger partial charge in [-0.15, -0.1) is 0 Å². The molecular weight excluding hydrogens is 136 g/mol. The van der Waals surface area contributed by atoms with Crippen molar-refractivity contribution in [1.82, 2.24) is 0 Å². The Balaban J connectivity index is 2.81. The minimum absolute atomic E-state index is 0.353. The summed E-state index contributed by atoms with van der Waals surface area (Å²) in [6, 6.07) is 0. The number of allylic oxidation sites excluding steroid dienone is 4. The molecule has 0 aliphatic heterocycles. The molecule has 0 amide bonds. The Morgan fingerprint density at radius 3 is 2.82 bits per heavy atom. The molecule has 0 spiro atoms. The zero-order chi connectivity index (χ0) is 8.27. The van der Waals surface area contributed by atoms with Gasteiger partial charge in [0.05, 0.1) is 6.10 Å². The molecule has 1 atom stereocenters. The minimum atomic E-state index is -0.353. The molecule has 1 heteroatoms. The predicted octanol–water partition coefficient (Wildman–Crippen LogP) is 2.20. The van der Waals surface area contributed by atoms with Gasteiger partial charge in [-0.3, -0.25) is 0 Å². The molecule has 0 aromatic carbocycles. The number of aliphatic hydroxyl groups excluding tert-OH is 1. The first kappa shape index (κ1) is 8.28. The van der Waals surface area contributed by atoms with E-state index >= 15 is 0 Å². The first-order valence-corrected chi connectivity index (χ1v) is 3.92. The van der Waals surface area contributed by atoms with Crippen LogP contribution in [0.5, 0.6) is 0 Å². The molecule has 0 bridgehead atoms. The van der Waals surface area contributed by atoms with Gasteiger partial charge in [0.15, 0.2) is 0 Å². The van der Waals surface area contributed by atoms with Gasteiger partial charge in [-0.1, -0.05) is 29.9 Å². The number of hydrogen-bond acceptors (Lipinski definition) is 1. The second-order valence-electron chi connectivity index (χ2n) is 2.96. The van der Waals surface area contributed by atoms with Gasteiger partial charge < -0.3 is 5.11 Å². The molecular formula is C10H14O. The molecule has 0 saturated heterocycles. The number of hydrogen-bond donors (Lipinski definition) is 1. The van der Waals surface area contributed by atoms with Crippen LogP contribution in [0, 0.1) is 0 Å². The topological polar surface area (TPSA) is 20.2 Å². The van der Waals surface area contributed by atoms with Gasteiger partial charge in [0.2, 0.25) is 0 Å². The Morgan fingerprint density at radius 2 is 2.18 bits per heavy atom. The highest BCUT2D eigenvalue weighted by atomic mass is 16.3. The normalized spacial score (nSPS) is 20.3. The highest BCUT2D eigenvalue weighted by molar-refractivity contribution is 5.32. The van der Waals surface area contributed by atoms with Gasteiger partial charge in [-0.2, -0.15) is 0 Å². The van der Waals surface area contributed by atoms with E-state index in [2.05, 4.69) is 19.1 Å². The van der Waals surface area contributed by atoms with E-state index in [0.717, 1.165) is 12.0 Å². The van der Waals surface area contributed by atoms with Crippen molar-refractivity contribution in [3.8, 4) is 0 Å². The van der Waals surface area contributed by atoms with Crippen LogP contribution in [-0.2, 0) is 0 Å². The molecule has 0 radical (unpaired) electrons. The van der Waals surface area contributed by atoms with Crippen LogP contribution in [0.1, 0.15) is 20.3 Å². The maximum Gasteiger partial charge on any atom is 0.0761 e. The third-order valence-corrected chi connectivity index (χ3v) is 1.79. The highest BCUT2D eigenvalue weighted by Crippen LogP contribution is 2.12. The number of aliphatic hydroxyl groups is 1. The number of rotatable bonds is 1. The second-order valence-corrected chi connectivity index (χ2v) is 2.96. The van der Waals surface area contributed by atoms with E-state index in [4.69, 9.17) is 0 Å². The molecule has 11 heavy (non-hydrogen) atoms. The van der Waals surface area contributed by atoms with Crippen LogP contribution in [0.15, 0.2) is 35.5 Å². The molecule has 0 saturated carbocycles. The van der Waals surface area contributed by atoms with Crippen LogP contribution in [0.4, 0.5) is 0 Å². The fourth-order valence-electron chi connectivity index (χ4n) is 1.02. The SMILES string of the molecule is CC1=CC=C(C(C)O)C=CC1. The maximum atomic E-state index is 9.24. The van der Waals surface area contributed by atoms with E-state index in [9.17, 15) is 5.11 Å². The molecule has 1 aliphatic rings. The second kappa shape index (κ2) is 3.54. The lowest BCUT2D eigenvalue weighted by molar-refractivity contribution is 0.235.